The Labute approximate surface area is 180 Å². The summed E-state index contributed by atoms with van der Waals surface area (Å²) in [7, 11) is 0. The van der Waals surface area contributed by atoms with E-state index in [4.69, 9.17) is 0 Å². The summed E-state index contributed by atoms with van der Waals surface area (Å²) < 4.78 is 0. The van der Waals surface area contributed by atoms with Crippen LogP contribution in [0.1, 0.15) is 78.0 Å². The predicted octanol–water partition coefficient (Wildman–Crippen LogP) is 5.77. The zero-order chi connectivity index (χ0) is 21.2. The van der Waals surface area contributed by atoms with Gasteiger partial charge in [-0.05, 0) is 78.2 Å². The molecule has 0 aliphatic heterocycles. The molecule has 1 heterocycles. The first-order valence-corrected chi connectivity index (χ1v) is 11.8. The van der Waals surface area contributed by atoms with Crippen LogP contribution in [0.3, 0.4) is 0 Å². The molecule has 0 unspecified atom stereocenters. The van der Waals surface area contributed by atoms with E-state index >= 15 is 0 Å². The molecule has 1 N–H and O–H groups in total. The minimum Gasteiger partial charge on any atom is -0.393 e. The van der Waals surface area contributed by atoms with Gasteiger partial charge in [-0.1, -0.05) is 30.4 Å². The van der Waals surface area contributed by atoms with Gasteiger partial charge >= 0.3 is 0 Å². The van der Waals surface area contributed by atoms with Crippen molar-refractivity contribution in [3.05, 3.63) is 28.0 Å². The molecule has 0 aromatic carbocycles. The highest BCUT2D eigenvalue weighted by atomic mass is 32.1. The van der Waals surface area contributed by atoms with Crippen LogP contribution in [0.15, 0.2) is 23.1 Å². The van der Waals surface area contributed by atoms with Crippen molar-refractivity contribution in [2.24, 2.45) is 17.3 Å². The number of nitrogens with zero attached hydrogens (tertiary/aromatic N) is 1. The molecule has 2 aliphatic carbocycles. The van der Waals surface area contributed by atoms with Crippen LogP contribution in [0, 0.1) is 29.1 Å². The first kappa shape index (κ1) is 22.1. The van der Waals surface area contributed by atoms with Gasteiger partial charge in [-0.3, -0.25) is 4.79 Å². The Bertz CT molecular complexity index is 812. The number of aliphatic hydroxyl groups is 1. The van der Waals surface area contributed by atoms with Crippen LogP contribution in [-0.4, -0.2) is 23.2 Å². The average Bonchev–Trinajstić information content (AvgIpc) is 3.10. The third kappa shape index (κ3) is 5.74. The standard InChI is InChI=1S/C25H35NO2S/c1-17-6-11-23(18(2)14-17)24(28)26(19-7-9-21(27)10-8-19)20-15-22(29-16-20)12-13-25(3,4)5/h6,15-16,18-19,21,23,27H,7-11,14H2,1-5H3/t18-,19-,21-,23+/m0/s1. The van der Waals surface area contributed by atoms with E-state index in [1.54, 1.807) is 11.3 Å². The lowest BCUT2D eigenvalue weighted by atomic mass is 9.79. The number of hydrogen-bond acceptors (Lipinski definition) is 3. The summed E-state index contributed by atoms with van der Waals surface area (Å²) in [5.74, 6) is 7.23. The summed E-state index contributed by atoms with van der Waals surface area (Å²) in [5.41, 5.74) is 2.34. The van der Waals surface area contributed by atoms with Crippen molar-refractivity contribution in [2.45, 2.75) is 85.3 Å². The molecule has 3 nitrogen and oxygen atoms in total. The molecule has 1 fully saturated rings. The zero-order valence-corrected chi connectivity index (χ0v) is 19.3. The maximum absolute atomic E-state index is 13.7. The number of allylic oxidation sites excluding steroid dienone is 2. The van der Waals surface area contributed by atoms with Crippen molar-refractivity contribution in [3.63, 3.8) is 0 Å². The van der Waals surface area contributed by atoms with Crippen molar-refractivity contribution >= 4 is 22.9 Å². The molecular weight excluding hydrogens is 378 g/mol. The summed E-state index contributed by atoms with van der Waals surface area (Å²) >= 11 is 1.62. The average molecular weight is 414 g/mol. The van der Waals surface area contributed by atoms with E-state index in [9.17, 15) is 9.90 Å². The predicted molar refractivity (Wildman–Crippen MR) is 122 cm³/mol. The Kier molecular flexibility index (Phi) is 6.91. The topological polar surface area (TPSA) is 40.5 Å². The Morgan fingerprint density at radius 1 is 1.24 bits per heavy atom. The van der Waals surface area contributed by atoms with Crippen LogP contribution in [0.25, 0.3) is 0 Å². The van der Waals surface area contributed by atoms with E-state index in [1.807, 2.05) is 0 Å². The van der Waals surface area contributed by atoms with E-state index in [0.717, 1.165) is 49.1 Å². The van der Waals surface area contributed by atoms with E-state index in [0.29, 0.717) is 5.92 Å². The van der Waals surface area contributed by atoms with Gasteiger partial charge in [0.2, 0.25) is 5.91 Å². The summed E-state index contributed by atoms with van der Waals surface area (Å²) in [6, 6.07) is 2.25. The molecule has 3 rings (SSSR count). The van der Waals surface area contributed by atoms with E-state index in [-0.39, 0.29) is 29.4 Å². The molecule has 2 atom stereocenters. The molecule has 0 radical (unpaired) electrons. The number of carbonyl (C=O) groups excluding carboxylic acids is 1. The van der Waals surface area contributed by atoms with Crippen molar-refractivity contribution in [2.75, 3.05) is 4.90 Å². The van der Waals surface area contributed by atoms with Crippen molar-refractivity contribution in [3.8, 4) is 11.8 Å². The number of aliphatic hydroxyl groups excluding tert-OH is 1. The fraction of sp³-hybridized carbons (Fsp3) is 0.640. The van der Waals surface area contributed by atoms with Crippen LogP contribution < -0.4 is 4.90 Å². The number of thiophene rings is 1. The highest BCUT2D eigenvalue weighted by molar-refractivity contribution is 7.11. The van der Waals surface area contributed by atoms with Gasteiger partial charge in [0.05, 0.1) is 16.7 Å². The molecule has 1 aromatic rings. The smallest absolute Gasteiger partial charge is 0.230 e. The lowest BCUT2D eigenvalue weighted by Gasteiger charge is -2.39. The highest BCUT2D eigenvalue weighted by Crippen LogP contribution is 2.36. The van der Waals surface area contributed by atoms with Crippen molar-refractivity contribution in [1.29, 1.82) is 0 Å². The molecule has 29 heavy (non-hydrogen) atoms. The molecule has 1 aromatic heterocycles. The van der Waals surface area contributed by atoms with Gasteiger partial charge in [-0.25, -0.2) is 0 Å². The van der Waals surface area contributed by atoms with Crippen molar-refractivity contribution < 1.29 is 9.90 Å². The fourth-order valence-electron chi connectivity index (χ4n) is 4.42. The number of rotatable bonds is 3. The number of amides is 1. The molecular formula is C25H35NO2S. The monoisotopic (exact) mass is 413 g/mol. The first-order chi connectivity index (χ1) is 13.6. The van der Waals surface area contributed by atoms with Crippen LogP contribution >= 0.6 is 11.3 Å². The van der Waals surface area contributed by atoms with Gasteiger partial charge in [0, 0.05) is 22.8 Å². The van der Waals surface area contributed by atoms with Crippen LogP contribution in [0.4, 0.5) is 5.69 Å². The van der Waals surface area contributed by atoms with Crippen molar-refractivity contribution in [1.82, 2.24) is 0 Å². The Morgan fingerprint density at radius 3 is 2.55 bits per heavy atom. The summed E-state index contributed by atoms with van der Waals surface area (Å²) in [6.45, 7) is 10.7. The van der Waals surface area contributed by atoms with Gasteiger partial charge in [0.1, 0.15) is 0 Å². The van der Waals surface area contributed by atoms with E-state index in [2.05, 4.69) is 68.9 Å². The lowest BCUT2D eigenvalue weighted by Crippen LogP contribution is -2.47. The SMILES string of the molecule is CC1=CC[C@@H](C(=O)N(c2csc(C#CC(C)(C)C)c2)[C@H]2CC[C@H](O)CC2)[C@@H](C)C1. The summed E-state index contributed by atoms with van der Waals surface area (Å²) in [5, 5.41) is 12.0. The highest BCUT2D eigenvalue weighted by Gasteiger charge is 2.36. The molecule has 158 valence electrons. The Hall–Kier alpha value is -1.57. The molecule has 4 heteroatoms. The minimum atomic E-state index is -0.224. The second-order valence-electron chi connectivity index (χ2n) is 9.91. The van der Waals surface area contributed by atoms with Crippen LogP contribution in [0.5, 0.6) is 0 Å². The largest absolute Gasteiger partial charge is 0.393 e. The third-order valence-electron chi connectivity index (χ3n) is 6.06. The summed E-state index contributed by atoms with van der Waals surface area (Å²) in [4.78, 5) is 16.8. The number of anilines is 1. The van der Waals surface area contributed by atoms with E-state index < -0.39 is 0 Å². The molecule has 0 bridgehead atoms. The Balaban J connectivity index is 1.88. The van der Waals surface area contributed by atoms with Crippen LogP contribution in [0.2, 0.25) is 0 Å². The maximum atomic E-state index is 13.7. The molecule has 1 saturated carbocycles. The lowest BCUT2D eigenvalue weighted by molar-refractivity contribution is -0.124. The second-order valence-corrected chi connectivity index (χ2v) is 10.8. The molecule has 1 amide bonds. The van der Waals surface area contributed by atoms with Gasteiger partial charge in [-0.15, -0.1) is 11.3 Å². The number of carbonyl (C=O) groups is 1. The maximum Gasteiger partial charge on any atom is 0.230 e. The van der Waals surface area contributed by atoms with Gasteiger partial charge < -0.3 is 10.0 Å². The van der Waals surface area contributed by atoms with Gasteiger partial charge in [0.25, 0.3) is 0 Å². The molecule has 0 spiro atoms. The minimum absolute atomic E-state index is 0.0366. The first-order valence-electron chi connectivity index (χ1n) is 10.9. The zero-order valence-electron chi connectivity index (χ0n) is 18.5. The van der Waals surface area contributed by atoms with E-state index in [1.165, 1.54) is 5.57 Å². The fourth-order valence-corrected chi connectivity index (χ4v) is 5.15. The summed E-state index contributed by atoms with van der Waals surface area (Å²) in [6.07, 6.45) is 7.11. The number of hydrogen-bond donors (Lipinski definition) is 1. The Morgan fingerprint density at radius 2 is 1.93 bits per heavy atom. The van der Waals surface area contributed by atoms with Gasteiger partial charge in [-0.2, -0.15) is 0 Å². The molecule has 2 aliphatic rings. The quantitative estimate of drug-likeness (QED) is 0.504. The second kappa shape index (κ2) is 9.06. The van der Waals surface area contributed by atoms with Gasteiger partial charge in [0.15, 0.2) is 0 Å². The van der Waals surface area contributed by atoms with Crippen LogP contribution in [-0.2, 0) is 4.79 Å². The normalized spacial score (nSPS) is 27.6. The third-order valence-corrected chi connectivity index (χ3v) is 6.89. The molecule has 0 saturated heterocycles.